The van der Waals surface area contributed by atoms with Crippen molar-refractivity contribution in [2.45, 2.75) is 53.6 Å². The summed E-state index contributed by atoms with van der Waals surface area (Å²) in [5, 5.41) is 14.0. The molecule has 3 rings (SSSR count). The Bertz CT molecular complexity index is 1380. The first-order valence-electron chi connectivity index (χ1n) is 12.4. The van der Waals surface area contributed by atoms with E-state index in [-0.39, 0.29) is 31.7 Å². The molecule has 0 radical (unpaired) electrons. The van der Waals surface area contributed by atoms with E-state index >= 15 is 4.39 Å². The number of benzene rings is 2. The monoisotopic (exact) mass is 592 g/mol. The number of unbranched alkanes of at least 4 members (excludes halogenated alkanes) is 1. The largest absolute Gasteiger partial charge is 0.478 e. The van der Waals surface area contributed by atoms with Gasteiger partial charge in [-0.15, -0.1) is 11.3 Å². The number of halogens is 3. The number of aliphatic carboxylic acids is 1. The number of carboxylic acids is 1. The Hall–Kier alpha value is -2.78. The number of nitrogens with zero attached hydrogens (tertiary/aromatic N) is 1. The molecule has 6 nitrogen and oxygen atoms in total. The summed E-state index contributed by atoms with van der Waals surface area (Å²) in [5.74, 6) is -2.03. The van der Waals surface area contributed by atoms with Gasteiger partial charge in [0.05, 0.1) is 21.8 Å². The van der Waals surface area contributed by atoms with Crippen LogP contribution in [0.4, 0.5) is 9.52 Å². The highest BCUT2D eigenvalue weighted by Crippen LogP contribution is 2.40. The third-order valence-electron chi connectivity index (χ3n) is 5.92. The number of nitrogens with one attached hydrogen (secondary N) is 1. The number of hydrogen-bond donors (Lipinski definition) is 2. The summed E-state index contributed by atoms with van der Waals surface area (Å²) in [6.45, 7) is 10.1. The molecule has 0 saturated carbocycles. The predicted octanol–water partition coefficient (Wildman–Crippen LogP) is 8.90. The molecule has 3 aromatic rings. The molecule has 10 heteroatoms. The summed E-state index contributed by atoms with van der Waals surface area (Å²) in [4.78, 5) is 28.4. The standard InChI is InChI=1S/C29H31Cl2FN2O4S/c1-6-7-11-38-25(29(3,4)5)19-10-8-9-18(24(19)32)23-15-39-28(33-23)34-26(35)17-13-21(30)20(22(31)14-17)12-16(2)27(36)37/h8-10,12-15,25H,6-7,11H2,1-5H3,(H,36,37)(H,33,34,35). The lowest BCUT2D eigenvalue weighted by Gasteiger charge is -2.31. The lowest BCUT2D eigenvalue weighted by molar-refractivity contribution is -0.132. The van der Waals surface area contributed by atoms with Crippen LogP contribution >= 0.6 is 34.5 Å². The molecule has 2 N–H and O–H groups in total. The van der Waals surface area contributed by atoms with Crippen LogP contribution < -0.4 is 5.32 Å². The molecule has 0 saturated heterocycles. The van der Waals surface area contributed by atoms with Gasteiger partial charge in [-0.3, -0.25) is 10.1 Å². The van der Waals surface area contributed by atoms with Crippen LogP contribution in [0.25, 0.3) is 17.3 Å². The highest BCUT2D eigenvalue weighted by atomic mass is 35.5. The van der Waals surface area contributed by atoms with E-state index in [0.29, 0.717) is 29.0 Å². The average molecular weight is 594 g/mol. The van der Waals surface area contributed by atoms with Gasteiger partial charge in [0.2, 0.25) is 0 Å². The Kier molecular flexibility index (Phi) is 10.3. The van der Waals surface area contributed by atoms with E-state index in [1.807, 2.05) is 20.8 Å². The highest BCUT2D eigenvalue weighted by molar-refractivity contribution is 7.14. The van der Waals surface area contributed by atoms with Crippen LogP contribution in [0.2, 0.25) is 10.0 Å². The third-order valence-corrected chi connectivity index (χ3v) is 7.30. The van der Waals surface area contributed by atoms with Gasteiger partial charge in [0.15, 0.2) is 5.13 Å². The molecule has 1 amide bonds. The second-order valence-electron chi connectivity index (χ2n) is 10.2. The van der Waals surface area contributed by atoms with Gasteiger partial charge in [0.25, 0.3) is 5.91 Å². The second-order valence-corrected chi connectivity index (χ2v) is 11.8. The van der Waals surface area contributed by atoms with Crippen molar-refractivity contribution in [1.29, 1.82) is 0 Å². The summed E-state index contributed by atoms with van der Waals surface area (Å²) in [6, 6.07) is 7.95. The van der Waals surface area contributed by atoms with Crippen LogP contribution in [0, 0.1) is 11.2 Å². The second kappa shape index (κ2) is 13.0. The van der Waals surface area contributed by atoms with E-state index in [9.17, 15) is 9.59 Å². The summed E-state index contributed by atoms with van der Waals surface area (Å²) in [6.07, 6.45) is 2.77. The Morgan fingerprint density at radius 3 is 2.49 bits per heavy atom. The van der Waals surface area contributed by atoms with E-state index in [4.69, 9.17) is 33.0 Å². The molecule has 2 aromatic carbocycles. The summed E-state index contributed by atoms with van der Waals surface area (Å²) in [7, 11) is 0. The summed E-state index contributed by atoms with van der Waals surface area (Å²) in [5.41, 5.74) is 1.35. The fourth-order valence-corrected chi connectivity index (χ4v) is 5.16. The van der Waals surface area contributed by atoms with E-state index in [1.54, 1.807) is 23.6 Å². The number of carbonyl (C=O) groups excluding carboxylic acids is 1. The molecule has 0 bridgehead atoms. The highest BCUT2D eigenvalue weighted by Gasteiger charge is 2.30. The predicted molar refractivity (Wildman–Crippen MR) is 156 cm³/mol. The smallest absolute Gasteiger partial charge is 0.331 e. The maximum Gasteiger partial charge on any atom is 0.331 e. The van der Waals surface area contributed by atoms with E-state index < -0.39 is 23.8 Å². The molecular formula is C29H31Cl2FN2O4S. The molecule has 1 unspecified atom stereocenters. The first-order chi connectivity index (χ1) is 18.3. The van der Waals surface area contributed by atoms with Crippen molar-refractivity contribution in [3.63, 3.8) is 0 Å². The number of amides is 1. The first-order valence-corrected chi connectivity index (χ1v) is 14.0. The van der Waals surface area contributed by atoms with Crippen LogP contribution in [0.1, 0.15) is 75.0 Å². The topological polar surface area (TPSA) is 88.5 Å². The van der Waals surface area contributed by atoms with Crippen molar-refractivity contribution in [2.24, 2.45) is 5.41 Å². The Balaban J connectivity index is 1.85. The number of carboxylic acid groups (broad SMARTS) is 1. The molecule has 0 spiro atoms. The number of anilines is 1. The molecule has 1 aromatic heterocycles. The zero-order valence-electron chi connectivity index (χ0n) is 22.4. The normalized spacial score (nSPS) is 12.9. The maximum absolute atomic E-state index is 15.8. The number of hydrogen-bond acceptors (Lipinski definition) is 5. The van der Waals surface area contributed by atoms with Gasteiger partial charge in [0, 0.05) is 39.8 Å². The van der Waals surface area contributed by atoms with Crippen LogP contribution in [-0.4, -0.2) is 28.6 Å². The van der Waals surface area contributed by atoms with Gasteiger partial charge in [-0.25, -0.2) is 14.2 Å². The van der Waals surface area contributed by atoms with Crippen LogP contribution in [-0.2, 0) is 9.53 Å². The molecule has 39 heavy (non-hydrogen) atoms. The zero-order chi connectivity index (χ0) is 28.9. The lowest BCUT2D eigenvalue weighted by atomic mass is 9.83. The Morgan fingerprint density at radius 2 is 1.90 bits per heavy atom. The van der Waals surface area contributed by atoms with E-state index in [1.165, 1.54) is 25.1 Å². The molecule has 1 heterocycles. The fourth-order valence-electron chi connectivity index (χ4n) is 3.86. The van der Waals surface area contributed by atoms with Crippen molar-refractivity contribution >= 4 is 57.6 Å². The molecule has 208 valence electrons. The van der Waals surface area contributed by atoms with Crippen molar-refractivity contribution in [3.8, 4) is 11.3 Å². The quantitative estimate of drug-likeness (QED) is 0.181. The summed E-state index contributed by atoms with van der Waals surface area (Å²) < 4.78 is 21.9. The van der Waals surface area contributed by atoms with Crippen LogP contribution in [0.15, 0.2) is 41.3 Å². The van der Waals surface area contributed by atoms with Crippen LogP contribution in [0.3, 0.4) is 0 Å². The number of ether oxygens (including phenoxy) is 1. The number of thiazole rings is 1. The molecule has 0 fully saturated rings. The lowest BCUT2D eigenvalue weighted by Crippen LogP contribution is -2.23. The minimum absolute atomic E-state index is 0.0453. The van der Waals surface area contributed by atoms with E-state index in [2.05, 4.69) is 17.2 Å². The van der Waals surface area contributed by atoms with Gasteiger partial charge in [-0.05, 0) is 43.0 Å². The SMILES string of the molecule is CCCCOC(c1cccc(-c2csc(NC(=O)c3cc(Cl)c(C=C(C)C(=O)O)c(Cl)c3)n2)c1F)C(C)(C)C. The van der Waals surface area contributed by atoms with Crippen molar-refractivity contribution in [2.75, 3.05) is 11.9 Å². The third kappa shape index (κ3) is 7.66. The number of rotatable bonds is 10. The molecule has 0 aliphatic carbocycles. The molecule has 0 aliphatic rings. The van der Waals surface area contributed by atoms with Gasteiger partial charge in [0.1, 0.15) is 5.82 Å². The van der Waals surface area contributed by atoms with Crippen molar-refractivity contribution < 1.29 is 23.8 Å². The Morgan fingerprint density at radius 1 is 1.23 bits per heavy atom. The number of aromatic nitrogens is 1. The van der Waals surface area contributed by atoms with Gasteiger partial charge in [-0.1, -0.05) is 69.5 Å². The molecular weight excluding hydrogens is 562 g/mol. The average Bonchev–Trinajstić information content (AvgIpc) is 3.31. The van der Waals surface area contributed by atoms with E-state index in [0.717, 1.165) is 24.2 Å². The van der Waals surface area contributed by atoms with Crippen molar-refractivity contribution in [3.05, 3.63) is 73.8 Å². The molecule has 0 aliphatic heterocycles. The van der Waals surface area contributed by atoms with Gasteiger partial charge < -0.3 is 9.84 Å². The first kappa shape index (κ1) is 30.8. The maximum atomic E-state index is 15.8. The summed E-state index contributed by atoms with van der Waals surface area (Å²) >= 11 is 13.7. The Labute approximate surface area is 241 Å². The van der Waals surface area contributed by atoms with Gasteiger partial charge >= 0.3 is 5.97 Å². The number of carbonyl (C=O) groups is 2. The minimum atomic E-state index is -1.11. The van der Waals surface area contributed by atoms with Crippen molar-refractivity contribution in [1.82, 2.24) is 4.98 Å². The zero-order valence-corrected chi connectivity index (χ0v) is 24.7. The minimum Gasteiger partial charge on any atom is -0.478 e. The fraction of sp³-hybridized carbons (Fsp3) is 0.345. The van der Waals surface area contributed by atoms with Gasteiger partial charge in [-0.2, -0.15) is 0 Å². The molecule has 1 atom stereocenters. The van der Waals surface area contributed by atoms with Crippen LogP contribution in [0.5, 0.6) is 0 Å².